The van der Waals surface area contributed by atoms with Gasteiger partial charge in [-0.15, -0.1) is 0 Å². The Kier molecular flexibility index (Phi) is 6.45. The summed E-state index contributed by atoms with van der Waals surface area (Å²) in [6, 6.07) is 8.21. The van der Waals surface area contributed by atoms with Crippen molar-refractivity contribution in [2.75, 3.05) is 11.9 Å². The number of para-hydroxylation sites is 1. The summed E-state index contributed by atoms with van der Waals surface area (Å²) in [5, 5.41) is 7.18. The smallest absolute Gasteiger partial charge is 0.263 e. The molecule has 138 valence electrons. The third-order valence-electron chi connectivity index (χ3n) is 4.76. The van der Waals surface area contributed by atoms with Gasteiger partial charge in [0.15, 0.2) is 5.13 Å². The highest BCUT2D eigenvalue weighted by molar-refractivity contribution is 7.17. The van der Waals surface area contributed by atoms with E-state index in [1.54, 1.807) is 0 Å². The molecule has 1 aliphatic carbocycles. The number of allylic oxidation sites excluding steroid dienone is 1. The van der Waals surface area contributed by atoms with Crippen LogP contribution < -0.4 is 10.6 Å². The molecule has 1 aromatic heterocycles. The standard InChI is InChI=1S/C21H27N3OS/c1-3-17-11-7-8-12-18(17)24-21-23-15(2)19(26-21)20(25)22-14-13-16-9-5-4-6-10-16/h7-9,11-12H,3-6,10,13-14H2,1-2H3,(H,22,25)(H,23,24). The van der Waals surface area contributed by atoms with Gasteiger partial charge in [0.05, 0.1) is 5.69 Å². The molecule has 1 aliphatic rings. The van der Waals surface area contributed by atoms with Gasteiger partial charge >= 0.3 is 0 Å². The summed E-state index contributed by atoms with van der Waals surface area (Å²) in [5.41, 5.74) is 4.56. The first-order chi connectivity index (χ1) is 12.7. The Morgan fingerprint density at radius 2 is 2.12 bits per heavy atom. The minimum Gasteiger partial charge on any atom is -0.351 e. The molecule has 2 N–H and O–H groups in total. The summed E-state index contributed by atoms with van der Waals surface area (Å²) in [5.74, 6) is -0.0202. The van der Waals surface area contributed by atoms with E-state index in [0.29, 0.717) is 11.4 Å². The number of nitrogens with zero attached hydrogens (tertiary/aromatic N) is 1. The molecule has 2 aromatic rings. The molecule has 4 nitrogen and oxygen atoms in total. The fourth-order valence-corrected chi connectivity index (χ4v) is 4.17. The van der Waals surface area contributed by atoms with Gasteiger partial charge in [-0.2, -0.15) is 0 Å². The summed E-state index contributed by atoms with van der Waals surface area (Å²) in [7, 11) is 0. The monoisotopic (exact) mass is 369 g/mol. The summed E-state index contributed by atoms with van der Waals surface area (Å²) in [4.78, 5) is 17.7. The van der Waals surface area contributed by atoms with Crippen molar-refractivity contribution in [1.82, 2.24) is 10.3 Å². The van der Waals surface area contributed by atoms with Crippen LogP contribution in [-0.2, 0) is 6.42 Å². The van der Waals surface area contributed by atoms with E-state index in [1.165, 1.54) is 48.2 Å². The Morgan fingerprint density at radius 3 is 2.88 bits per heavy atom. The highest BCUT2D eigenvalue weighted by Crippen LogP contribution is 2.27. The minimum atomic E-state index is -0.0202. The van der Waals surface area contributed by atoms with Crippen LogP contribution in [0.2, 0.25) is 0 Å². The molecule has 0 unspecified atom stereocenters. The van der Waals surface area contributed by atoms with E-state index >= 15 is 0 Å². The van der Waals surface area contributed by atoms with Gasteiger partial charge < -0.3 is 10.6 Å². The lowest BCUT2D eigenvalue weighted by atomic mass is 9.97. The number of rotatable bonds is 7. The number of aryl methyl sites for hydroxylation is 2. The van der Waals surface area contributed by atoms with Crippen molar-refractivity contribution in [2.24, 2.45) is 0 Å². The minimum absolute atomic E-state index is 0.0202. The van der Waals surface area contributed by atoms with E-state index in [1.807, 2.05) is 25.1 Å². The maximum atomic E-state index is 12.5. The van der Waals surface area contributed by atoms with Crippen LogP contribution in [-0.4, -0.2) is 17.4 Å². The topological polar surface area (TPSA) is 54.0 Å². The second kappa shape index (κ2) is 8.99. The van der Waals surface area contributed by atoms with Crippen molar-refractivity contribution >= 4 is 28.1 Å². The molecule has 26 heavy (non-hydrogen) atoms. The van der Waals surface area contributed by atoms with Gasteiger partial charge in [0, 0.05) is 12.2 Å². The first-order valence-electron chi connectivity index (χ1n) is 9.46. The largest absolute Gasteiger partial charge is 0.351 e. The van der Waals surface area contributed by atoms with E-state index in [4.69, 9.17) is 0 Å². The fraction of sp³-hybridized carbons (Fsp3) is 0.429. The lowest BCUT2D eigenvalue weighted by molar-refractivity contribution is 0.0957. The predicted octanol–water partition coefficient (Wildman–Crippen LogP) is 5.38. The number of aromatic nitrogens is 1. The van der Waals surface area contributed by atoms with Gasteiger partial charge in [0.1, 0.15) is 4.88 Å². The van der Waals surface area contributed by atoms with Crippen LogP contribution in [0, 0.1) is 6.92 Å². The second-order valence-electron chi connectivity index (χ2n) is 6.68. The number of carbonyl (C=O) groups excluding carboxylic acids is 1. The van der Waals surface area contributed by atoms with Gasteiger partial charge in [-0.25, -0.2) is 4.98 Å². The zero-order chi connectivity index (χ0) is 18.4. The molecule has 0 atom stereocenters. The van der Waals surface area contributed by atoms with Crippen molar-refractivity contribution < 1.29 is 4.79 Å². The van der Waals surface area contributed by atoms with E-state index in [9.17, 15) is 4.79 Å². The lowest BCUT2D eigenvalue weighted by Gasteiger charge is -2.12. The Labute approximate surface area is 159 Å². The zero-order valence-electron chi connectivity index (χ0n) is 15.6. The van der Waals surface area contributed by atoms with Crippen molar-refractivity contribution in [3.05, 3.63) is 52.0 Å². The van der Waals surface area contributed by atoms with Crippen LogP contribution in [0.5, 0.6) is 0 Å². The van der Waals surface area contributed by atoms with Crippen LogP contribution in [0.25, 0.3) is 0 Å². The number of hydrogen-bond donors (Lipinski definition) is 2. The molecule has 1 heterocycles. The Bertz CT molecular complexity index is 794. The van der Waals surface area contributed by atoms with Crippen molar-refractivity contribution in [2.45, 2.75) is 52.4 Å². The van der Waals surface area contributed by atoms with Crippen LogP contribution in [0.3, 0.4) is 0 Å². The summed E-state index contributed by atoms with van der Waals surface area (Å²) in [6.45, 7) is 4.73. The maximum Gasteiger partial charge on any atom is 0.263 e. The Hall–Kier alpha value is -2.14. The van der Waals surface area contributed by atoms with Gasteiger partial charge in [-0.3, -0.25) is 4.79 Å². The molecular weight excluding hydrogens is 342 g/mol. The Morgan fingerprint density at radius 1 is 1.27 bits per heavy atom. The van der Waals surface area contributed by atoms with E-state index < -0.39 is 0 Å². The van der Waals surface area contributed by atoms with Crippen LogP contribution >= 0.6 is 11.3 Å². The normalized spacial score (nSPS) is 14.0. The van der Waals surface area contributed by atoms with E-state index in [2.05, 4.69) is 34.7 Å². The first kappa shape index (κ1) is 18.6. The molecule has 1 aromatic carbocycles. The predicted molar refractivity (Wildman–Crippen MR) is 109 cm³/mol. The van der Waals surface area contributed by atoms with E-state index in [0.717, 1.165) is 29.4 Å². The number of carbonyl (C=O) groups is 1. The number of nitrogens with one attached hydrogen (secondary N) is 2. The van der Waals surface area contributed by atoms with Gasteiger partial charge in [0.25, 0.3) is 5.91 Å². The molecule has 0 saturated heterocycles. The van der Waals surface area contributed by atoms with Crippen LogP contribution in [0.15, 0.2) is 35.9 Å². The average molecular weight is 370 g/mol. The molecule has 1 amide bonds. The number of benzene rings is 1. The highest BCUT2D eigenvalue weighted by Gasteiger charge is 2.16. The van der Waals surface area contributed by atoms with Gasteiger partial charge in [-0.1, -0.05) is 48.1 Å². The third kappa shape index (κ3) is 4.73. The second-order valence-corrected chi connectivity index (χ2v) is 7.68. The van der Waals surface area contributed by atoms with Gasteiger partial charge in [-0.05, 0) is 57.1 Å². The lowest BCUT2D eigenvalue weighted by Crippen LogP contribution is -2.24. The number of hydrogen-bond acceptors (Lipinski definition) is 4. The van der Waals surface area contributed by atoms with Crippen molar-refractivity contribution in [3.8, 4) is 0 Å². The summed E-state index contributed by atoms with van der Waals surface area (Å²) in [6.07, 6.45) is 9.19. The average Bonchev–Trinajstić information content (AvgIpc) is 3.03. The van der Waals surface area contributed by atoms with Crippen LogP contribution in [0.4, 0.5) is 10.8 Å². The molecule has 3 rings (SSSR count). The molecule has 0 bridgehead atoms. The SMILES string of the molecule is CCc1ccccc1Nc1nc(C)c(C(=O)NCCC2=CCCCC2)s1. The molecule has 0 saturated carbocycles. The molecule has 0 aliphatic heterocycles. The van der Waals surface area contributed by atoms with Crippen molar-refractivity contribution in [1.29, 1.82) is 0 Å². The third-order valence-corrected chi connectivity index (χ3v) is 5.83. The number of anilines is 2. The highest BCUT2D eigenvalue weighted by atomic mass is 32.1. The molecular formula is C21H27N3OS. The number of thiazole rings is 1. The summed E-state index contributed by atoms with van der Waals surface area (Å²) < 4.78 is 0. The molecule has 5 heteroatoms. The first-order valence-corrected chi connectivity index (χ1v) is 10.3. The molecule has 0 radical (unpaired) electrons. The summed E-state index contributed by atoms with van der Waals surface area (Å²) >= 11 is 1.42. The van der Waals surface area contributed by atoms with E-state index in [-0.39, 0.29) is 5.91 Å². The van der Waals surface area contributed by atoms with Crippen LogP contribution in [0.1, 0.15) is 60.0 Å². The quantitative estimate of drug-likeness (QED) is 0.644. The molecule has 0 spiro atoms. The fourth-order valence-electron chi connectivity index (χ4n) is 3.27. The van der Waals surface area contributed by atoms with Crippen molar-refractivity contribution in [3.63, 3.8) is 0 Å². The number of amides is 1. The van der Waals surface area contributed by atoms with Gasteiger partial charge in [0.2, 0.25) is 0 Å². The maximum absolute atomic E-state index is 12.5. The Balaban J connectivity index is 1.60. The molecule has 0 fully saturated rings. The zero-order valence-corrected chi connectivity index (χ0v) is 16.4.